The minimum Gasteiger partial charge on any atom is -0.377 e. The first kappa shape index (κ1) is 15.4. The molecule has 1 fully saturated rings. The number of aromatic nitrogens is 2. The lowest BCUT2D eigenvalue weighted by Crippen LogP contribution is -2.15. The third-order valence-electron chi connectivity index (χ3n) is 4.38. The quantitative estimate of drug-likeness (QED) is 0.736. The van der Waals surface area contributed by atoms with Crippen LogP contribution < -0.4 is 0 Å². The molecule has 0 aliphatic heterocycles. The highest BCUT2D eigenvalue weighted by atomic mass is 16.5. The first-order valence-electron chi connectivity index (χ1n) is 8.22. The Morgan fingerprint density at radius 2 is 1.80 bits per heavy atom. The van der Waals surface area contributed by atoms with E-state index in [1.54, 1.807) is 0 Å². The first-order valence-corrected chi connectivity index (χ1v) is 8.22. The molecule has 0 spiro atoms. The molecule has 0 aromatic carbocycles. The largest absolute Gasteiger partial charge is 0.377 e. The lowest BCUT2D eigenvalue weighted by atomic mass is 9.79. The van der Waals surface area contributed by atoms with Crippen LogP contribution >= 0.6 is 0 Å². The summed E-state index contributed by atoms with van der Waals surface area (Å²) in [6, 6.07) is 0. The maximum atomic E-state index is 5.38. The fraction of sp³-hybridized carbons (Fsp3) is 0.765. The van der Waals surface area contributed by atoms with Crippen molar-refractivity contribution >= 4 is 0 Å². The van der Waals surface area contributed by atoms with E-state index in [2.05, 4.69) is 16.9 Å². The summed E-state index contributed by atoms with van der Waals surface area (Å²) in [4.78, 5) is 9.10. The Bertz CT molecular complexity index is 369. The lowest BCUT2D eigenvalue weighted by Gasteiger charge is -2.27. The topological polar surface area (TPSA) is 35.0 Å². The van der Waals surface area contributed by atoms with Gasteiger partial charge in [-0.3, -0.25) is 0 Å². The van der Waals surface area contributed by atoms with Crippen molar-refractivity contribution in [2.75, 3.05) is 6.61 Å². The second kappa shape index (κ2) is 8.35. The van der Waals surface area contributed by atoms with Crippen LogP contribution in [0.1, 0.15) is 76.1 Å². The van der Waals surface area contributed by atoms with E-state index in [9.17, 15) is 0 Å². The normalized spacial score (nSPS) is 22.9. The van der Waals surface area contributed by atoms with E-state index in [0.717, 1.165) is 23.9 Å². The number of nitrogens with zero attached hydrogens (tertiary/aromatic N) is 2. The van der Waals surface area contributed by atoms with E-state index in [-0.39, 0.29) is 0 Å². The van der Waals surface area contributed by atoms with Gasteiger partial charge in [0.2, 0.25) is 0 Å². The molecule has 3 nitrogen and oxygen atoms in total. The van der Waals surface area contributed by atoms with Crippen molar-refractivity contribution in [2.24, 2.45) is 5.92 Å². The maximum Gasteiger partial charge on any atom is 0.131 e. The molecule has 0 amide bonds. The van der Waals surface area contributed by atoms with E-state index in [4.69, 9.17) is 4.74 Å². The second-order valence-corrected chi connectivity index (χ2v) is 5.95. The fourth-order valence-electron chi connectivity index (χ4n) is 3.07. The maximum absolute atomic E-state index is 5.38. The average molecular weight is 276 g/mol. The van der Waals surface area contributed by atoms with Gasteiger partial charge >= 0.3 is 0 Å². The number of rotatable bonds is 7. The summed E-state index contributed by atoms with van der Waals surface area (Å²) in [5.41, 5.74) is 1.08. The zero-order chi connectivity index (χ0) is 14.2. The van der Waals surface area contributed by atoms with Crippen molar-refractivity contribution in [1.82, 2.24) is 9.97 Å². The number of ether oxygens (including phenoxy) is 1. The van der Waals surface area contributed by atoms with Crippen LogP contribution in [0.25, 0.3) is 0 Å². The second-order valence-electron chi connectivity index (χ2n) is 5.95. The van der Waals surface area contributed by atoms with Crippen molar-refractivity contribution in [3.05, 3.63) is 23.8 Å². The molecule has 0 bridgehead atoms. The average Bonchev–Trinajstić information content (AvgIpc) is 2.52. The molecular formula is C17H28N2O. The molecule has 1 aromatic rings. The van der Waals surface area contributed by atoms with E-state index in [1.165, 1.54) is 44.9 Å². The summed E-state index contributed by atoms with van der Waals surface area (Å²) < 4.78 is 5.38. The minimum atomic E-state index is 0.578. The molecule has 3 heteroatoms. The van der Waals surface area contributed by atoms with E-state index >= 15 is 0 Å². The van der Waals surface area contributed by atoms with Crippen LogP contribution in [0, 0.1) is 5.92 Å². The van der Waals surface area contributed by atoms with Crippen LogP contribution in [0.5, 0.6) is 0 Å². The number of hydrogen-bond acceptors (Lipinski definition) is 3. The van der Waals surface area contributed by atoms with Gasteiger partial charge in [0, 0.05) is 30.5 Å². The molecule has 1 heterocycles. The monoisotopic (exact) mass is 276 g/mol. The molecule has 20 heavy (non-hydrogen) atoms. The molecule has 0 unspecified atom stereocenters. The summed E-state index contributed by atoms with van der Waals surface area (Å²) in [6.07, 6.45) is 13.2. The van der Waals surface area contributed by atoms with Crippen molar-refractivity contribution in [3.63, 3.8) is 0 Å². The lowest BCUT2D eigenvalue weighted by molar-refractivity contribution is 0.133. The van der Waals surface area contributed by atoms with Crippen LogP contribution in [0.4, 0.5) is 0 Å². The Hall–Kier alpha value is -0.960. The highest BCUT2D eigenvalue weighted by Crippen LogP contribution is 2.36. The predicted molar refractivity (Wildman–Crippen MR) is 81.6 cm³/mol. The van der Waals surface area contributed by atoms with Gasteiger partial charge in [-0.2, -0.15) is 0 Å². The Balaban J connectivity index is 1.81. The summed E-state index contributed by atoms with van der Waals surface area (Å²) in [7, 11) is 0. The Labute approximate surface area is 123 Å². The van der Waals surface area contributed by atoms with Gasteiger partial charge in [0.1, 0.15) is 5.82 Å². The van der Waals surface area contributed by atoms with Crippen molar-refractivity contribution in [3.8, 4) is 0 Å². The smallest absolute Gasteiger partial charge is 0.131 e. The van der Waals surface area contributed by atoms with Crippen LogP contribution in [0.15, 0.2) is 12.4 Å². The molecule has 2 rings (SSSR count). The van der Waals surface area contributed by atoms with E-state index < -0.39 is 0 Å². The van der Waals surface area contributed by atoms with E-state index in [0.29, 0.717) is 12.5 Å². The highest BCUT2D eigenvalue weighted by Gasteiger charge is 2.23. The van der Waals surface area contributed by atoms with Crippen molar-refractivity contribution in [1.29, 1.82) is 0 Å². The summed E-state index contributed by atoms with van der Waals surface area (Å²) in [6.45, 7) is 5.65. The van der Waals surface area contributed by atoms with Gasteiger partial charge < -0.3 is 4.74 Å². The standard InChI is InChI=1S/C17H28N2O/c1-3-5-6-14-7-9-16(10-8-14)17-18-11-15(12-19-17)13-20-4-2/h11-12,14,16H,3-10,13H2,1-2H3/t14-,16-. The summed E-state index contributed by atoms with van der Waals surface area (Å²) in [5.74, 6) is 2.57. The SMILES string of the molecule is CCCC[C@H]1CC[C@H](c2ncc(COCC)cn2)CC1. The molecule has 1 saturated carbocycles. The van der Waals surface area contributed by atoms with Gasteiger partial charge in [0.05, 0.1) is 6.61 Å². The third kappa shape index (κ3) is 4.55. The van der Waals surface area contributed by atoms with Crippen LogP contribution in [0.2, 0.25) is 0 Å². The molecule has 0 radical (unpaired) electrons. The fourth-order valence-corrected chi connectivity index (χ4v) is 3.07. The van der Waals surface area contributed by atoms with Gasteiger partial charge in [-0.15, -0.1) is 0 Å². The van der Waals surface area contributed by atoms with Gasteiger partial charge in [-0.05, 0) is 38.5 Å². The molecule has 0 N–H and O–H groups in total. The van der Waals surface area contributed by atoms with Crippen LogP contribution in [-0.2, 0) is 11.3 Å². The molecule has 112 valence electrons. The summed E-state index contributed by atoms with van der Waals surface area (Å²) in [5, 5.41) is 0. The van der Waals surface area contributed by atoms with Gasteiger partial charge in [-0.25, -0.2) is 9.97 Å². The molecular weight excluding hydrogens is 248 g/mol. The Kier molecular flexibility index (Phi) is 6.44. The zero-order valence-electron chi connectivity index (χ0n) is 13.0. The third-order valence-corrected chi connectivity index (χ3v) is 4.38. The first-order chi connectivity index (χ1) is 9.83. The highest BCUT2D eigenvalue weighted by molar-refractivity contribution is 5.07. The van der Waals surface area contributed by atoms with E-state index in [1.807, 2.05) is 19.3 Å². The number of unbranched alkanes of at least 4 members (excludes halogenated alkanes) is 1. The zero-order valence-corrected chi connectivity index (χ0v) is 13.0. The summed E-state index contributed by atoms with van der Waals surface area (Å²) >= 11 is 0. The molecule has 1 aliphatic rings. The van der Waals surface area contributed by atoms with Crippen LogP contribution in [-0.4, -0.2) is 16.6 Å². The van der Waals surface area contributed by atoms with Gasteiger partial charge in [0.25, 0.3) is 0 Å². The minimum absolute atomic E-state index is 0.578. The molecule has 0 saturated heterocycles. The Morgan fingerprint density at radius 1 is 1.10 bits per heavy atom. The molecule has 0 atom stereocenters. The van der Waals surface area contributed by atoms with Gasteiger partial charge in [-0.1, -0.05) is 26.2 Å². The molecule has 1 aromatic heterocycles. The predicted octanol–water partition coefficient (Wildman–Crippen LogP) is 4.48. The van der Waals surface area contributed by atoms with Crippen molar-refractivity contribution < 1.29 is 4.74 Å². The van der Waals surface area contributed by atoms with Crippen molar-refractivity contribution in [2.45, 2.75) is 71.3 Å². The Morgan fingerprint density at radius 3 is 2.40 bits per heavy atom. The van der Waals surface area contributed by atoms with Crippen LogP contribution in [0.3, 0.4) is 0 Å². The molecule has 1 aliphatic carbocycles. The van der Waals surface area contributed by atoms with Gasteiger partial charge in [0.15, 0.2) is 0 Å². The number of hydrogen-bond donors (Lipinski definition) is 0.